The topological polar surface area (TPSA) is 57.6 Å². The zero-order valence-corrected chi connectivity index (χ0v) is 15.8. The molecule has 144 valence electrons. The molecule has 4 atom stereocenters. The molecule has 1 amide bonds. The lowest BCUT2D eigenvalue weighted by Crippen LogP contribution is -2.43. The van der Waals surface area contributed by atoms with Crippen LogP contribution in [0.5, 0.6) is 0 Å². The van der Waals surface area contributed by atoms with Gasteiger partial charge in [0.1, 0.15) is 0 Å². The van der Waals surface area contributed by atoms with Gasteiger partial charge in [-0.25, -0.2) is 0 Å². The van der Waals surface area contributed by atoms with Crippen molar-refractivity contribution in [2.45, 2.75) is 19.4 Å². The lowest BCUT2D eigenvalue weighted by Gasteiger charge is -2.31. The number of carboxylic acid groups (broad SMARTS) is 1. The molecule has 4 rings (SSSR count). The predicted octanol–water partition coefficient (Wildman–Crippen LogP) is 3.78. The zero-order chi connectivity index (χ0) is 19.5. The summed E-state index contributed by atoms with van der Waals surface area (Å²) in [6.07, 6.45) is 5.57. The second-order valence-corrected chi connectivity index (χ2v) is 7.82. The van der Waals surface area contributed by atoms with Crippen LogP contribution in [0.2, 0.25) is 0 Å². The molecule has 1 fully saturated rings. The second kappa shape index (κ2) is 8.01. The smallest absolute Gasteiger partial charge is 0.307 e. The molecule has 2 aromatic carbocycles. The van der Waals surface area contributed by atoms with E-state index in [2.05, 4.69) is 12.1 Å². The normalized spacial score (nSPS) is 25.0. The Labute approximate surface area is 165 Å². The first kappa shape index (κ1) is 18.5. The number of carbonyl (C=O) groups is 2. The Hall–Kier alpha value is -2.88. The second-order valence-electron chi connectivity index (χ2n) is 7.82. The molecule has 2 aliphatic rings. The van der Waals surface area contributed by atoms with E-state index in [0.717, 1.165) is 18.4 Å². The summed E-state index contributed by atoms with van der Waals surface area (Å²) >= 11 is 0. The summed E-state index contributed by atoms with van der Waals surface area (Å²) in [6, 6.07) is 20.0. The minimum atomic E-state index is -0.849. The summed E-state index contributed by atoms with van der Waals surface area (Å²) in [5, 5.41) is 9.73. The van der Waals surface area contributed by atoms with Crippen molar-refractivity contribution >= 4 is 11.9 Å². The zero-order valence-electron chi connectivity index (χ0n) is 15.8. The number of nitrogens with zero attached hydrogens (tertiary/aromatic N) is 1. The molecule has 1 N–H and O–H groups in total. The first-order valence-corrected chi connectivity index (χ1v) is 9.91. The van der Waals surface area contributed by atoms with Crippen molar-refractivity contribution in [2.75, 3.05) is 6.54 Å². The molecule has 0 aromatic heterocycles. The summed E-state index contributed by atoms with van der Waals surface area (Å²) < 4.78 is 0. The van der Waals surface area contributed by atoms with E-state index in [9.17, 15) is 14.7 Å². The number of benzene rings is 2. The van der Waals surface area contributed by atoms with Crippen LogP contribution in [0.1, 0.15) is 17.5 Å². The quantitative estimate of drug-likeness (QED) is 0.749. The van der Waals surface area contributed by atoms with Gasteiger partial charge in [0.2, 0.25) is 5.91 Å². The van der Waals surface area contributed by atoms with Gasteiger partial charge >= 0.3 is 5.97 Å². The number of carboxylic acids is 1. The number of hydrogen-bond acceptors (Lipinski definition) is 2. The first-order chi connectivity index (χ1) is 13.6. The van der Waals surface area contributed by atoms with Crippen LogP contribution in [0.15, 0.2) is 72.8 Å². The van der Waals surface area contributed by atoms with Crippen molar-refractivity contribution in [2.24, 2.45) is 23.7 Å². The number of carbonyl (C=O) groups excluding carboxylic acids is 1. The fraction of sp³-hybridized carbons (Fsp3) is 0.333. The largest absolute Gasteiger partial charge is 0.481 e. The summed E-state index contributed by atoms with van der Waals surface area (Å²) in [7, 11) is 0. The molecule has 2 aromatic rings. The third-order valence-electron chi connectivity index (χ3n) is 6.07. The molecule has 0 aliphatic heterocycles. The molecule has 0 spiro atoms. The van der Waals surface area contributed by atoms with Gasteiger partial charge in [-0.3, -0.25) is 9.59 Å². The van der Waals surface area contributed by atoms with E-state index in [1.165, 1.54) is 5.56 Å². The third-order valence-corrected chi connectivity index (χ3v) is 6.07. The van der Waals surface area contributed by atoms with Gasteiger partial charge in [0.25, 0.3) is 0 Å². The lowest BCUT2D eigenvalue weighted by atomic mass is 9.82. The highest BCUT2D eigenvalue weighted by Crippen LogP contribution is 2.48. The Kier molecular flexibility index (Phi) is 5.29. The molecule has 4 unspecified atom stereocenters. The van der Waals surface area contributed by atoms with Crippen LogP contribution < -0.4 is 0 Å². The van der Waals surface area contributed by atoms with Gasteiger partial charge in [0.15, 0.2) is 0 Å². The van der Waals surface area contributed by atoms with Crippen LogP contribution in [-0.4, -0.2) is 28.4 Å². The van der Waals surface area contributed by atoms with Crippen molar-refractivity contribution in [3.63, 3.8) is 0 Å². The van der Waals surface area contributed by atoms with E-state index in [1.807, 2.05) is 65.6 Å². The van der Waals surface area contributed by atoms with E-state index in [-0.39, 0.29) is 17.7 Å². The van der Waals surface area contributed by atoms with Gasteiger partial charge < -0.3 is 10.0 Å². The number of fused-ring (bicyclic) bond motifs is 2. The minimum absolute atomic E-state index is 0.0100. The van der Waals surface area contributed by atoms with Gasteiger partial charge in [-0.05, 0) is 35.8 Å². The van der Waals surface area contributed by atoms with Crippen LogP contribution in [0.25, 0.3) is 0 Å². The number of amides is 1. The van der Waals surface area contributed by atoms with Gasteiger partial charge in [-0.2, -0.15) is 0 Å². The van der Waals surface area contributed by atoms with Crippen molar-refractivity contribution in [1.29, 1.82) is 0 Å². The fourth-order valence-electron chi connectivity index (χ4n) is 4.69. The molecular formula is C24H25NO3. The molecule has 2 aliphatic carbocycles. The maximum atomic E-state index is 13.5. The van der Waals surface area contributed by atoms with Crippen LogP contribution in [-0.2, 0) is 22.6 Å². The van der Waals surface area contributed by atoms with Crippen LogP contribution >= 0.6 is 0 Å². The van der Waals surface area contributed by atoms with Gasteiger partial charge in [-0.15, -0.1) is 0 Å². The Morgan fingerprint density at radius 3 is 2.04 bits per heavy atom. The SMILES string of the molecule is O=C(O)C1C2C=CC(C2)C1C(=O)N(CCc1ccccc1)Cc1ccccc1. The summed E-state index contributed by atoms with van der Waals surface area (Å²) in [4.78, 5) is 27.2. The molecule has 4 heteroatoms. The molecule has 4 nitrogen and oxygen atoms in total. The Bertz CT molecular complexity index is 862. The van der Waals surface area contributed by atoms with Crippen LogP contribution in [0, 0.1) is 23.7 Å². The maximum absolute atomic E-state index is 13.5. The Morgan fingerprint density at radius 2 is 1.43 bits per heavy atom. The number of rotatable bonds is 7. The maximum Gasteiger partial charge on any atom is 0.307 e. The highest BCUT2D eigenvalue weighted by atomic mass is 16.4. The number of aliphatic carboxylic acids is 1. The number of allylic oxidation sites excluding steroid dienone is 2. The van der Waals surface area contributed by atoms with Crippen molar-refractivity contribution < 1.29 is 14.7 Å². The summed E-state index contributed by atoms with van der Waals surface area (Å²) in [5.74, 6) is -1.89. The van der Waals surface area contributed by atoms with E-state index < -0.39 is 17.8 Å². The van der Waals surface area contributed by atoms with Gasteiger partial charge in [-0.1, -0.05) is 72.8 Å². The molecule has 28 heavy (non-hydrogen) atoms. The molecule has 0 radical (unpaired) electrons. The molecule has 1 saturated carbocycles. The van der Waals surface area contributed by atoms with Gasteiger partial charge in [0.05, 0.1) is 11.8 Å². The summed E-state index contributed by atoms with van der Waals surface area (Å²) in [6.45, 7) is 1.10. The van der Waals surface area contributed by atoms with Crippen molar-refractivity contribution in [1.82, 2.24) is 4.90 Å². The average molecular weight is 375 g/mol. The van der Waals surface area contributed by atoms with Crippen molar-refractivity contribution in [3.8, 4) is 0 Å². The highest BCUT2D eigenvalue weighted by Gasteiger charge is 2.52. The van der Waals surface area contributed by atoms with Crippen LogP contribution in [0.4, 0.5) is 0 Å². The van der Waals surface area contributed by atoms with E-state index >= 15 is 0 Å². The highest BCUT2D eigenvalue weighted by molar-refractivity contribution is 5.87. The van der Waals surface area contributed by atoms with Crippen molar-refractivity contribution in [3.05, 3.63) is 83.9 Å². The Morgan fingerprint density at radius 1 is 0.857 bits per heavy atom. The Balaban J connectivity index is 1.56. The predicted molar refractivity (Wildman–Crippen MR) is 107 cm³/mol. The lowest BCUT2D eigenvalue weighted by molar-refractivity contribution is -0.151. The van der Waals surface area contributed by atoms with E-state index in [0.29, 0.717) is 13.1 Å². The molecule has 0 heterocycles. The number of hydrogen-bond donors (Lipinski definition) is 1. The van der Waals surface area contributed by atoms with Crippen LogP contribution in [0.3, 0.4) is 0 Å². The van der Waals surface area contributed by atoms with Gasteiger partial charge in [0, 0.05) is 13.1 Å². The molecule has 2 bridgehead atoms. The average Bonchev–Trinajstić information content (AvgIpc) is 3.34. The summed E-state index contributed by atoms with van der Waals surface area (Å²) in [5.41, 5.74) is 2.24. The standard InChI is InChI=1S/C24H25NO3/c26-23(21-19-11-12-20(15-19)22(21)24(27)28)25(16-18-9-5-2-6-10-18)14-13-17-7-3-1-4-8-17/h1-12,19-22H,13-16H2,(H,27,28). The van der Waals surface area contributed by atoms with E-state index in [4.69, 9.17) is 0 Å². The van der Waals surface area contributed by atoms with E-state index in [1.54, 1.807) is 0 Å². The fourth-order valence-corrected chi connectivity index (χ4v) is 4.69. The molecular weight excluding hydrogens is 350 g/mol. The molecule has 0 saturated heterocycles. The minimum Gasteiger partial charge on any atom is -0.481 e. The monoisotopic (exact) mass is 375 g/mol. The first-order valence-electron chi connectivity index (χ1n) is 9.91. The third kappa shape index (κ3) is 3.72.